The number of aromatic amines is 1. The summed E-state index contributed by atoms with van der Waals surface area (Å²) in [6, 6.07) is 8.30. The average molecular weight is 276 g/mol. The number of aromatic hydroxyl groups is 1. The van der Waals surface area contributed by atoms with Crippen molar-refractivity contribution >= 4 is 0 Å². The van der Waals surface area contributed by atoms with Crippen molar-refractivity contribution in [3.63, 3.8) is 0 Å². The van der Waals surface area contributed by atoms with Crippen LogP contribution in [0.4, 0.5) is 0 Å². The van der Waals surface area contributed by atoms with Gasteiger partial charge in [-0.05, 0) is 12.5 Å². The molecule has 6 nitrogen and oxygen atoms in total. The summed E-state index contributed by atoms with van der Waals surface area (Å²) in [5, 5.41) is 10.3. The molecular weight excluding hydrogens is 260 g/mol. The van der Waals surface area contributed by atoms with Crippen LogP contribution in [0.1, 0.15) is 13.0 Å². The fourth-order valence-electron chi connectivity index (χ4n) is 2.13. The minimum absolute atomic E-state index is 0.0770. The van der Waals surface area contributed by atoms with Gasteiger partial charge in [-0.1, -0.05) is 30.3 Å². The number of nitrogens with zero attached hydrogens (tertiary/aromatic N) is 1. The van der Waals surface area contributed by atoms with Crippen LogP contribution in [0.2, 0.25) is 0 Å². The summed E-state index contributed by atoms with van der Waals surface area (Å²) < 4.78 is 6.10. The van der Waals surface area contributed by atoms with Gasteiger partial charge in [0.2, 0.25) is 5.88 Å². The molecule has 0 aliphatic rings. The summed E-state index contributed by atoms with van der Waals surface area (Å²) in [7, 11) is 1.50. The predicted octanol–water partition coefficient (Wildman–Crippen LogP) is 1.12. The predicted molar refractivity (Wildman–Crippen MR) is 75.0 cm³/mol. The Kier molecular flexibility index (Phi) is 4.05. The van der Waals surface area contributed by atoms with Crippen LogP contribution < -0.4 is 11.2 Å². The summed E-state index contributed by atoms with van der Waals surface area (Å²) in [4.78, 5) is 26.0. The maximum atomic E-state index is 11.9. The number of benzene rings is 1. The molecule has 0 fully saturated rings. The fourth-order valence-corrected chi connectivity index (χ4v) is 2.13. The number of methoxy groups -OCH3 is 1. The van der Waals surface area contributed by atoms with E-state index in [-0.39, 0.29) is 18.1 Å². The SMILES string of the molecule is COCC(C)n1c(O)c(-c2ccccc2)c(=O)[nH]c1=O. The maximum Gasteiger partial charge on any atom is 0.331 e. The third-order valence-corrected chi connectivity index (χ3v) is 3.03. The van der Waals surface area contributed by atoms with Crippen LogP contribution >= 0.6 is 0 Å². The van der Waals surface area contributed by atoms with Crippen LogP contribution in [0.15, 0.2) is 39.9 Å². The van der Waals surface area contributed by atoms with E-state index in [1.54, 1.807) is 37.3 Å². The van der Waals surface area contributed by atoms with Crippen molar-refractivity contribution in [2.24, 2.45) is 0 Å². The lowest BCUT2D eigenvalue weighted by molar-refractivity contribution is 0.155. The van der Waals surface area contributed by atoms with Crippen LogP contribution in [0.3, 0.4) is 0 Å². The number of hydrogen-bond donors (Lipinski definition) is 2. The molecule has 1 aromatic carbocycles. The third kappa shape index (κ3) is 2.50. The standard InChI is InChI=1S/C14H16N2O4/c1-9(8-20-2)16-13(18)11(12(17)15-14(16)19)10-6-4-3-5-7-10/h3-7,9,18H,8H2,1-2H3,(H,15,17,19). The van der Waals surface area contributed by atoms with Gasteiger partial charge < -0.3 is 9.84 Å². The Hall–Kier alpha value is -2.34. The molecule has 1 unspecified atom stereocenters. The first-order valence-corrected chi connectivity index (χ1v) is 6.18. The number of nitrogens with one attached hydrogen (secondary N) is 1. The first kappa shape index (κ1) is 14.1. The average Bonchev–Trinajstić information content (AvgIpc) is 2.39. The monoisotopic (exact) mass is 276 g/mol. The van der Waals surface area contributed by atoms with Crippen LogP contribution in [0.25, 0.3) is 11.1 Å². The van der Waals surface area contributed by atoms with Crippen molar-refractivity contribution in [2.75, 3.05) is 13.7 Å². The zero-order chi connectivity index (χ0) is 14.7. The van der Waals surface area contributed by atoms with E-state index in [9.17, 15) is 14.7 Å². The molecule has 0 amide bonds. The molecule has 2 rings (SSSR count). The molecule has 0 bridgehead atoms. The van der Waals surface area contributed by atoms with Gasteiger partial charge in [-0.3, -0.25) is 14.3 Å². The highest BCUT2D eigenvalue weighted by Crippen LogP contribution is 2.25. The first-order valence-electron chi connectivity index (χ1n) is 6.18. The molecule has 2 N–H and O–H groups in total. The van der Waals surface area contributed by atoms with E-state index in [0.29, 0.717) is 5.56 Å². The second-order valence-corrected chi connectivity index (χ2v) is 4.50. The highest BCUT2D eigenvalue weighted by atomic mass is 16.5. The summed E-state index contributed by atoms with van der Waals surface area (Å²) in [5.41, 5.74) is -0.644. The van der Waals surface area contributed by atoms with Gasteiger partial charge in [-0.2, -0.15) is 0 Å². The number of hydrogen-bond acceptors (Lipinski definition) is 4. The highest BCUT2D eigenvalue weighted by Gasteiger charge is 2.19. The molecule has 1 aromatic heterocycles. The van der Waals surface area contributed by atoms with Crippen LogP contribution in [-0.4, -0.2) is 28.4 Å². The molecule has 0 aliphatic heterocycles. The molecule has 0 radical (unpaired) electrons. The minimum atomic E-state index is -0.656. The van der Waals surface area contributed by atoms with E-state index >= 15 is 0 Å². The van der Waals surface area contributed by atoms with Crippen molar-refractivity contribution in [2.45, 2.75) is 13.0 Å². The largest absolute Gasteiger partial charge is 0.494 e. The molecule has 0 aliphatic carbocycles. The van der Waals surface area contributed by atoms with Crippen molar-refractivity contribution in [3.8, 4) is 17.0 Å². The lowest BCUT2D eigenvalue weighted by Gasteiger charge is -2.17. The van der Waals surface area contributed by atoms with E-state index in [1.807, 2.05) is 0 Å². The summed E-state index contributed by atoms with van der Waals surface area (Å²) in [6.07, 6.45) is 0. The maximum absolute atomic E-state index is 11.9. The van der Waals surface area contributed by atoms with Crippen molar-refractivity contribution in [3.05, 3.63) is 51.2 Å². The van der Waals surface area contributed by atoms with Crippen molar-refractivity contribution in [1.29, 1.82) is 0 Å². The van der Waals surface area contributed by atoms with Gasteiger partial charge >= 0.3 is 5.69 Å². The van der Waals surface area contributed by atoms with Gasteiger partial charge in [0.15, 0.2) is 0 Å². The third-order valence-electron chi connectivity index (χ3n) is 3.03. The molecule has 106 valence electrons. The van der Waals surface area contributed by atoms with Crippen molar-refractivity contribution < 1.29 is 9.84 Å². The number of rotatable bonds is 4. The highest BCUT2D eigenvalue weighted by molar-refractivity contribution is 5.67. The summed E-state index contributed by atoms with van der Waals surface area (Å²) in [5.74, 6) is -0.352. The second-order valence-electron chi connectivity index (χ2n) is 4.50. The molecule has 0 saturated heterocycles. The van der Waals surface area contributed by atoms with Crippen molar-refractivity contribution in [1.82, 2.24) is 9.55 Å². The molecule has 1 heterocycles. The molecule has 2 aromatic rings. The summed E-state index contributed by atoms with van der Waals surface area (Å²) >= 11 is 0. The number of H-pyrrole nitrogens is 1. The Morgan fingerprint density at radius 2 is 1.95 bits per heavy atom. The molecular formula is C14H16N2O4. The molecule has 1 atom stereocenters. The molecule has 20 heavy (non-hydrogen) atoms. The van der Waals surface area contributed by atoms with Gasteiger partial charge in [0.1, 0.15) is 5.56 Å². The lowest BCUT2D eigenvalue weighted by atomic mass is 10.1. The fraction of sp³-hybridized carbons (Fsp3) is 0.286. The van der Waals surface area contributed by atoms with Gasteiger partial charge in [-0.15, -0.1) is 0 Å². The zero-order valence-electron chi connectivity index (χ0n) is 11.3. The van der Waals surface area contributed by atoms with Gasteiger partial charge in [-0.25, -0.2) is 4.79 Å². The van der Waals surface area contributed by atoms with E-state index in [4.69, 9.17) is 4.74 Å². The topological polar surface area (TPSA) is 84.3 Å². The Morgan fingerprint density at radius 1 is 1.30 bits per heavy atom. The van der Waals surface area contributed by atoms with Gasteiger partial charge in [0, 0.05) is 7.11 Å². The normalized spacial score (nSPS) is 12.3. The van der Waals surface area contributed by atoms with E-state index < -0.39 is 17.3 Å². The Bertz CT molecular complexity index is 703. The van der Waals surface area contributed by atoms with Gasteiger partial charge in [0.05, 0.1) is 12.6 Å². The smallest absolute Gasteiger partial charge is 0.331 e. The Morgan fingerprint density at radius 3 is 2.55 bits per heavy atom. The molecule has 0 saturated carbocycles. The zero-order valence-corrected chi connectivity index (χ0v) is 11.3. The Balaban J connectivity index is 2.68. The Labute approximate surface area is 115 Å². The van der Waals surface area contributed by atoms with E-state index in [2.05, 4.69) is 4.98 Å². The van der Waals surface area contributed by atoms with Crippen LogP contribution in [0, 0.1) is 0 Å². The summed E-state index contributed by atoms with van der Waals surface area (Å²) in [6.45, 7) is 1.96. The molecule has 6 heteroatoms. The van der Waals surface area contributed by atoms with Crippen LogP contribution in [0.5, 0.6) is 5.88 Å². The van der Waals surface area contributed by atoms with Crippen LogP contribution in [-0.2, 0) is 4.74 Å². The molecule has 0 spiro atoms. The quantitative estimate of drug-likeness (QED) is 0.876. The second kappa shape index (κ2) is 5.75. The van der Waals surface area contributed by atoms with Gasteiger partial charge in [0.25, 0.3) is 5.56 Å². The lowest BCUT2D eigenvalue weighted by Crippen LogP contribution is -2.33. The number of aromatic nitrogens is 2. The number of ether oxygens (including phenoxy) is 1. The first-order chi connectivity index (χ1) is 9.56. The van der Waals surface area contributed by atoms with E-state index in [0.717, 1.165) is 4.57 Å². The van der Waals surface area contributed by atoms with E-state index in [1.165, 1.54) is 7.11 Å². The minimum Gasteiger partial charge on any atom is -0.494 e.